The second-order valence-corrected chi connectivity index (χ2v) is 7.47. The van der Waals surface area contributed by atoms with Gasteiger partial charge in [-0.25, -0.2) is 4.79 Å². The Labute approximate surface area is 201 Å². The molecule has 0 aliphatic heterocycles. The van der Waals surface area contributed by atoms with Crippen molar-refractivity contribution in [3.8, 4) is 17.6 Å². The highest BCUT2D eigenvalue weighted by Crippen LogP contribution is 2.27. The third-order valence-corrected chi connectivity index (χ3v) is 4.95. The van der Waals surface area contributed by atoms with Gasteiger partial charge in [-0.2, -0.15) is 5.26 Å². The standard InChI is InChI=1S/C26H21ClN2O5/c1-2-33-22-10-8-21(9-11-22)29-25(30)20(15-28)13-18-5-12-24(23(27)14-18)34-16-17-3-6-19(7-4-17)26(31)32/h3-14H,2,16H2,1H3,(H,29,30)(H,31,32)/b20-13+. The van der Waals surface area contributed by atoms with Crippen molar-refractivity contribution in [3.63, 3.8) is 0 Å². The molecule has 0 aliphatic rings. The number of nitrogens with zero attached hydrogens (tertiary/aromatic N) is 1. The molecule has 0 saturated carbocycles. The van der Waals surface area contributed by atoms with Gasteiger partial charge in [-0.05, 0) is 72.7 Å². The highest BCUT2D eigenvalue weighted by molar-refractivity contribution is 6.32. The minimum atomic E-state index is -0.996. The largest absolute Gasteiger partial charge is 0.494 e. The molecule has 0 aromatic heterocycles. The molecule has 8 heteroatoms. The van der Waals surface area contributed by atoms with Gasteiger partial charge in [-0.3, -0.25) is 4.79 Å². The summed E-state index contributed by atoms with van der Waals surface area (Å²) in [6.45, 7) is 2.62. The molecule has 0 fully saturated rings. The predicted molar refractivity (Wildman–Crippen MR) is 129 cm³/mol. The molecule has 3 aromatic rings. The van der Waals surface area contributed by atoms with E-state index in [1.807, 2.05) is 13.0 Å². The molecule has 3 aromatic carbocycles. The second-order valence-electron chi connectivity index (χ2n) is 7.06. The smallest absolute Gasteiger partial charge is 0.335 e. The number of carbonyl (C=O) groups is 2. The normalized spacial score (nSPS) is 10.8. The molecule has 0 bridgehead atoms. The first kappa shape index (κ1) is 24.4. The highest BCUT2D eigenvalue weighted by Gasteiger charge is 2.11. The predicted octanol–water partition coefficient (Wildman–Crippen LogP) is 5.56. The van der Waals surface area contributed by atoms with E-state index < -0.39 is 11.9 Å². The lowest BCUT2D eigenvalue weighted by Crippen LogP contribution is -2.13. The molecule has 0 unspecified atom stereocenters. The first-order chi connectivity index (χ1) is 16.4. The third-order valence-electron chi connectivity index (χ3n) is 4.65. The van der Waals surface area contributed by atoms with Crippen molar-refractivity contribution in [3.05, 3.63) is 94.0 Å². The number of hydrogen-bond acceptors (Lipinski definition) is 5. The second kappa shape index (κ2) is 11.5. The van der Waals surface area contributed by atoms with Crippen molar-refractivity contribution >= 4 is 35.2 Å². The minimum absolute atomic E-state index is 0.0860. The zero-order chi connectivity index (χ0) is 24.5. The SMILES string of the molecule is CCOc1ccc(NC(=O)/C(C#N)=C/c2ccc(OCc3ccc(C(=O)O)cc3)c(Cl)c2)cc1. The van der Waals surface area contributed by atoms with Crippen molar-refractivity contribution in [2.24, 2.45) is 0 Å². The molecule has 3 rings (SSSR count). The number of carboxylic acid groups (broad SMARTS) is 1. The molecular weight excluding hydrogens is 456 g/mol. The molecule has 0 radical (unpaired) electrons. The Morgan fingerprint density at radius 2 is 1.76 bits per heavy atom. The lowest BCUT2D eigenvalue weighted by molar-refractivity contribution is -0.112. The Balaban J connectivity index is 1.65. The van der Waals surface area contributed by atoms with Crippen LogP contribution in [0.3, 0.4) is 0 Å². The van der Waals surface area contributed by atoms with E-state index in [0.717, 1.165) is 5.56 Å². The van der Waals surface area contributed by atoms with E-state index in [1.165, 1.54) is 18.2 Å². The van der Waals surface area contributed by atoms with E-state index in [9.17, 15) is 14.9 Å². The number of benzene rings is 3. The number of hydrogen-bond donors (Lipinski definition) is 2. The van der Waals surface area contributed by atoms with E-state index in [-0.39, 0.29) is 17.7 Å². The number of nitriles is 1. The minimum Gasteiger partial charge on any atom is -0.494 e. The maximum atomic E-state index is 12.5. The summed E-state index contributed by atoms with van der Waals surface area (Å²) in [4.78, 5) is 23.4. The monoisotopic (exact) mass is 476 g/mol. The average Bonchev–Trinajstić information content (AvgIpc) is 2.83. The quantitative estimate of drug-likeness (QED) is 0.309. The van der Waals surface area contributed by atoms with Gasteiger partial charge in [0.2, 0.25) is 0 Å². The fourth-order valence-electron chi connectivity index (χ4n) is 2.94. The molecule has 2 N–H and O–H groups in total. The van der Waals surface area contributed by atoms with Crippen molar-refractivity contribution in [2.45, 2.75) is 13.5 Å². The van der Waals surface area contributed by atoms with E-state index in [1.54, 1.807) is 54.6 Å². The van der Waals surface area contributed by atoms with Crippen LogP contribution >= 0.6 is 11.6 Å². The number of nitrogens with one attached hydrogen (secondary N) is 1. The summed E-state index contributed by atoms with van der Waals surface area (Å²) in [5, 5.41) is 21.4. The number of carboxylic acids is 1. The van der Waals surface area contributed by atoms with Crippen LogP contribution in [0.5, 0.6) is 11.5 Å². The molecule has 172 valence electrons. The summed E-state index contributed by atoms with van der Waals surface area (Å²) in [5.74, 6) is -0.443. The molecule has 34 heavy (non-hydrogen) atoms. The van der Waals surface area contributed by atoms with Gasteiger partial charge in [0, 0.05) is 5.69 Å². The number of carbonyl (C=O) groups excluding carboxylic acids is 1. The molecule has 0 spiro atoms. The summed E-state index contributed by atoms with van der Waals surface area (Å²) in [6.07, 6.45) is 1.43. The van der Waals surface area contributed by atoms with Gasteiger partial charge in [-0.1, -0.05) is 29.8 Å². The average molecular weight is 477 g/mol. The fraction of sp³-hybridized carbons (Fsp3) is 0.115. The Bertz CT molecular complexity index is 1250. The van der Waals surface area contributed by atoms with Crippen LogP contribution < -0.4 is 14.8 Å². The molecule has 0 atom stereocenters. The maximum absolute atomic E-state index is 12.5. The van der Waals surface area contributed by atoms with Crippen LogP contribution in [-0.2, 0) is 11.4 Å². The molecule has 7 nitrogen and oxygen atoms in total. The summed E-state index contributed by atoms with van der Waals surface area (Å²) in [7, 11) is 0. The highest BCUT2D eigenvalue weighted by atomic mass is 35.5. The number of ether oxygens (including phenoxy) is 2. The first-order valence-electron chi connectivity index (χ1n) is 10.3. The van der Waals surface area contributed by atoms with Crippen molar-refractivity contribution < 1.29 is 24.2 Å². The van der Waals surface area contributed by atoms with Crippen LogP contribution in [0.2, 0.25) is 5.02 Å². The Morgan fingerprint density at radius 1 is 1.06 bits per heavy atom. The number of amides is 1. The fourth-order valence-corrected chi connectivity index (χ4v) is 3.19. The van der Waals surface area contributed by atoms with Gasteiger partial charge in [-0.15, -0.1) is 0 Å². The van der Waals surface area contributed by atoms with E-state index in [0.29, 0.717) is 34.4 Å². The van der Waals surface area contributed by atoms with Gasteiger partial charge < -0.3 is 19.9 Å². The lowest BCUT2D eigenvalue weighted by Gasteiger charge is -2.09. The van der Waals surface area contributed by atoms with Gasteiger partial charge in [0.15, 0.2) is 0 Å². The van der Waals surface area contributed by atoms with Crippen molar-refractivity contribution in [2.75, 3.05) is 11.9 Å². The van der Waals surface area contributed by atoms with Crippen molar-refractivity contribution in [1.29, 1.82) is 5.26 Å². The van der Waals surface area contributed by atoms with Gasteiger partial charge >= 0.3 is 5.97 Å². The number of anilines is 1. The van der Waals surface area contributed by atoms with Crippen LogP contribution in [0.15, 0.2) is 72.3 Å². The summed E-state index contributed by atoms with van der Waals surface area (Å²) >= 11 is 6.31. The topological polar surface area (TPSA) is 109 Å². The lowest BCUT2D eigenvalue weighted by atomic mass is 10.1. The van der Waals surface area contributed by atoms with Gasteiger partial charge in [0.1, 0.15) is 29.7 Å². The van der Waals surface area contributed by atoms with Crippen LogP contribution in [0.4, 0.5) is 5.69 Å². The van der Waals surface area contributed by atoms with Crippen LogP contribution in [-0.4, -0.2) is 23.6 Å². The van der Waals surface area contributed by atoms with Gasteiger partial charge in [0.05, 0.1) is 17.2 Å². The van der Waals surface area contributed by atoms with Crippen molar-refractivity contribution in [1.82, 2.24) is 0 Å². The Morgan fingerprint density at radius 3 is 2.35 bits per heavy atom. The summed E-state index contributed by atoms with van der Waals surface area (Å²) < 4.78 is 11.1. The zero-order valence-corrected chi connectivity index (χ0v) is 19.0. The first-order valence-corrected chi connectivity index (χ1v) is 10.7. The summed E-state index contributed by atoms with van der Waals surface area (Å²) in [6, 6.07) is 20.0. The molecule has 1 amide bonds. The van der Waals surface area contributed by atoms with Crippen LogP contribution in [0, 0.1) is 11.3 Å². The van der Waals surface area contributed by atoms with E-state index >= 15 is 0 Å². The van der Waals surface area contributed by atoms with Gasteiger partial charge in [0.25, 0.3) is 5.91 Å². The zero-order valence-electron chi connectivity index (χ0n) is 18.2. The Kier molecular flexibility index (Phi) is 8.27. The number of rotatable bonds is 9. The number of halogens is 1. The molecule has 0 heterocycles. The van der Waals surface area contributed by atoms with E-state index in [4.69, 9.17) is 26.2 Å². The van der Waals surface area contributed by atoms with E-state index in [2.05, 4.69) is 5.32 Å². The molecular formula is C26H21ClN2O5. The third kappa shape index (κ3) is 6.61. The van der Waals surface area contributed by atoms with Crippen LogP contribution in [0.25, 0.3) is 6.08 Å². The molecule has 0 saturated heterocycles. The maximum Gasteiger partial charge on any atom is 0.335 e. The van der Waals surface area contributed by atoms with Crippen LogP contribution in [0.1, 0.15) is 28.4 Å². The number of aromatic carboxylic acids is 1. The molecule has 0 aliphatic carbocycles. The summed E-state index contributed by atoms with van der Waals surface area (Å²) in [5.41, 5.74) is 1.98. The Hall–Kier alpha value is -4.28.